The molecule has 108 valence electrons. The topological polar surface area (TPSA) is 75.1 Å². The predicted molar refractivity (Wildman–Crippen MR) is 68.7 cm³/mol. The molecule has 0 radical (unpaired) electrons. The number of azide groups is 1. The second kappa shape index (κ2) is 8.12. The molecular weight excluding hydrogens is 268 g/mol. The molecule has 0 saturated heterocycles. The fourth-order valence-corrected chi connectivity index (χ4v) is 1.78. The summed E-state index contributed by atoms with van der Waals surface area (Å²) < 4.78 is 31.5. The second-order valence-corrected chi connectivity index (χ2v) is 4.08. The number of carbonyl (C=O) groups excluding carboxylic acids is 1. The highest BCUT2D eigenvalue weighted by atomic mass is 19.1. The van der Waals surface area contributed by atoms with Gasteiger partial charge in [0.2, 0.25) is 0 Å². The highest BCUT2D eigenvalue weighted by molar-refractivity contribution is 5.69. The summed E-state index contributed by atoms with van der Waals surface area (Å²) in [6.07, 6.45) is 0.740. The highest BCUT2D eigenvalue weighted by Crippen LogP contribution is 2.27. The van der Waals surface area contributed by atoms with Gasteiger partial charge >= 0.3 is 5.97 Å². The Morgan fingerprint density at radius 2 is 2.25 bits per heavy atom. The quantitative estimate of drug-likeness (QED) is 0.327. The molecule has 0 aliphatic heterocycles. The molecule has 0 spiro atoms. The third-order valence-corrected chi connectivity index (χ3v) is 2.67. The van der Waals surface area contributed by atoms with Gasteiger partial charge < -0.3 is 4.74 Å². The van der Waals surface area contributed by atoms with Crippen LogP contribution in [0.5, 0.6) is 0 Å². The van der Waals surface area contributed by atoms with E-state index in [1.54, 1.807) is 6.92 Å². The van der Waals surface area contributed by atoms with Crippen molar-refractivity contribution >= 4 is 5.97 Å². The maximum atomic E-state index is 13.6. The zero-order valence-electron chi connectivity index (χ0n) is 11.1. The second-order valence-electron chi connectivity index (χ2n) is 4.08. The Bertz CT molecular complexity index is 516. The van der Waals surface area contributed by atoms with Gasteiger partial charge in [-0.15, -0.1) is 0 Å². The van der Waals surface area contributed by atoms with Crippen molar-refractivity contribution < 1.29 is 18.3 Å². The van der Waals surface area contributed by atoms with E-state index in [1.807, 2.05) is 0 Å². The third kappa shape index (κ3) is 4.85. The number of hydrogen-bond donors (Lipinski definition) is 0. The van der Waals surface area contributed by atoms with Crippen molar-refractivity contribution in [3.05, 3.63) is 45.8 Å². The Hall–Kier alpha value is -2.14. The van der Waals surface area contributed by atoms with Gasteiger partial charge in [-0.3, -0.25) is 4.79 Å². The lowest BCUT2D eigenvalue weighted by atomic mass is 10.0. The first-order valence-electron chi connectivity index (χ1n) is 6.23. The number of hydrogen-bond acceptors (Lipinski definition) is 3. The summed E-state index contributed by atoms with van der Waals surface area (Å²) in [5.41, 5.74) is 8.49. The normalized spacial score (nSPS) is 11.6. The minimum absolute atomic E-state index is 0.00772. The summed E-state index contributed by atoms with van der Waals surface area (Å²) in [6.45, 7) is 1.99. The van der Waals surface area contributed by atoms with Gasteiger partial charge in [-0.05, 0) is 49.1 Å². The van der Waals surface area contributed by atoms with Crippen LogP contribution in [0.2, 0.25) is 0 Å². The van der Waals surface area contributed by atoms with Gasteiger partial charge in [-0.25, -0.2) is 8.78 Å². The van der Waals surface area contributed by atoms with Crippen LogP contribution < -0.4 is 0 Å². The first kappa shape index (κ1) is 15.9. The molecule has 0 heterocycles. The van der Waals surface area contributed by atoms with Crippen LogP contribution in [0.3, 0.4) is 0 Å². The molecule has 5 nitrogen and oxygen atoms in total. The van der Waals surface area contributed by atoms with Gasteiger partial charge in [0.15, 0.2) is 0 Å². The molecule has 1 unspecified atom stereocenters. The Morgan fingerprint density at radius 1 is 1.50 bits per heavy atom. The van der Waals surface area contributed by atoms with Crippen molar-refractivity contribution in [2.45, 2.75) is 32.2 Å². The monoisotopic (exact) mass is 283 g/mol. The summed E-state index contributed by atoms with van der Waals surface area (Å²) in [4.78, 5) is 13.8. The Morgan fingerprint density at radius 3 is 2.90 bits per heavy atom. The van der Waals surface area contributed by atoms with Crippen molar-refractivity contribution in [1.82, 2.24) is 0 Å². The molecule has 0 aliphatic rings. The Kier molecular flexibility index (Phi) is 6.46. The fourth-order valence-electron chi connectivity index (χ4n) is 1.78. The first-order chi connectivity index (χ1) is 9.58. The first-order valence-corrected chi connectivity index (χ1v) is 6.23. The molecule has 20 heavy (non-hydrogen) atoms. The summed E-state index contributed by atoms with van der Waals surface area (Å²) >= 11 is 0. The molecule has 1 aromatic carbocycles. The van der Waals surface area contributed by atoms with Crippen LogP contribution in [0.15, 0.2) is 23.3 Å². The molecule has 1 aromatic rings. The van der Waals surface area contributed by atoms with Gasteiger partial charge in [0, 0.05) is 11.3 Å². The van der Waals surface area contributed by atoms with E-state index in [9.17, 15) is 13.6 Å². The maximum absolute atomic E-state index is 13.6. The molecule has 0 fully saturated rings. The van der Waals surface area contributed by atoms with E-state index in [1.165, 1.54) is 0 Å². The summed E-state index contributed by atoms with van der Waals surface area (Å²) in [7, 11) is 0. The van der Waals surface area contributed by atoms with Gasteiger partial charge in [-0.2, -0.15) is 0 Å². The molecule has 0 aromatic heterocycles. The molecule has 0 aliphatic carbocycles. The Balaban J connectivity index is 2.72. The van der Waals surface area contributed by atoms with Gasteiger partial charge in [0.1, 0.15) is 11.6 Å². The number of ether oxygens (including phenoxy) is 1. The van der Waals surface area contributed by atoms with Crippen molar-refractivity contribution in [2.75, 3.05) is 6.61 Å². The lowest BCUT2D eigenvalue weighted by Gasteiger charge is -2.12. The molecule has 7 heteroatoms. The van der Waals surface area contributed by atoms with Gasteiger partial charge in [0.25, 0.3) is 0 Å². The largest absolute Gasteiger partial charge is 0.466 e. The molecule has 0 N–H and O–H groups in total. The van der Waals surface area contributed by atoms with E-state index in [0.717, 1.165) is 18.2 Å². The van der Waals surface area contributed by atoms with Gasteiger partial charge in [0.05, 0.1) is 12.6 Å². The van der Waals surface area contributed by atoms with Crippen LogP contribution >= 0.6 is 0 Å². The fraction of sp³-hybridized carbons (Fsp3) is 0.462. The number of benzene rings is 1. The zero-order chi connectivity index (χ0) is 15.0. The van der Waals surface area contributed by atoms with Crippen LogP contribution in [0.1, 0.15) is 37.8 Å². The molecule has 1 rings (SSSR count). The molecule has 0 bridgehead atoms. The van der Waals surface area contributed by atoms with Crippen LogP contribution in [0.4, 0.5) is 8.78 Å². The van der Waals surface area contributed by atoms with Crippen LogP contribution in [0, 0.1) is 11.6 Å². The minimum Gasteiger partial charge on any atom is -0.466 e. The average Bonchev–Trinajstić information content (AvgIpc) is 2.41. The van der Waals surface area contributed by atoms with E-state index in [4.69, 9.17) is 10.3 Å². The van der Waals surface area contributed by atoms with Crippen LogP contribution in [0.25, 0.3) is 10.4 Å². The number of nitrogens with zero attached hydrogens (tertiary/aromatic N) is 3. The van der Waals surface area contributed by atoms with E-state index >= 15 is 0 Å². The third-order valence-electron chi connectivity index (χ3n) is 2.67. The lowest BCUT2D eigenvalue weighted by Crippen LogP contribution is -2.05. The SMILES string of the molecule is CCOC(=O)CCCC(N=[N+]=[N-])c1cc(F)ccc1F. The summed E-state index contributed by atoms with van der Waals surface area (Å²) in [5, 5.41) is 3.46. The lowest BCUT2D eigenvalue weighted by molar-refractivity contribution is -0.143. The Labute approximate surface area is 115 Å². The minimum atomic E-state index is -0.842. The number of halogens is 2. The van der Waals surface area contributed by atoms with Crippen molar-refractivity contribution in [2.24, 2.45) is 5.11 Å². The maximum Gasteiger partial charge on any atom is 0.305 e. The molecule has 1 atom stereocenters. The highest BCUT2D eigenvalue weighted by Gasteiger charge is 2.16. The van der Waals surface area contributed by atoms with E-state index < -0.39 is 17.7 Å². The smallest absolute Gasteiger partial charge is 0.305 e. The number of carbonyl (C=O) groups is 1. The molecule has 0 amide bonds. The number of esters is 1. The average molecular weight is 283 g/mol. The van der Waals surface area contributed by atoms with Crippen LogP contribution in [-0.4, -0.2) is 12.6 Å². The predicted octanol–water partition coefficient (Wildman–Crippen LogP) is 4.05. The van der Waals surface area contributed by atoms with E-state index in [0.29, 0.717) is 6.42 Å². The van der Waals surface area contributed by atoms with Crippen molar-refractivity contribution in [3.8, 4) is 0 Å². The van der Waals surface area contributed by atoms with Crippen molar-refractivity contribution in [3.63, 3.8) is 0 Å². The van der Waals surface area contributed by atoms with Crippen LogP contribution in [-0.2, 0) is 9.53 Å². The standard InChI is InChI=1S/C13H15F2N3O2/c1-2-20-13(19)5-3-4-12(17-18-16)10-8-9(14)6-7-11(10)15/h6-8,12H,2-5H2,1H3. The van der Waals surface area contributed by atoms with Crippen molar-refractivity contribution in [1.29, 1.82) is 0 Å². The summed E-state index contributed by atoms with van der Waals surface area (Å²) in [6, 6.07) is 2.13. The number of rotatable bonds is 7. The van der Waals surface area contributed by atoms with E-state index in [2.05, 4.69) is 10.0 Å². The molecular formula is C13H15F2N3O2. The summed E-state index contributed by atoms with van der Waals surface area (Å²) in [5.74, 6) is -1.61. The zero-order valence-corrected chi connectivity index (χ0v) is 11.1. The van der Waals surface area contributed by atoms with Gasteiger partial charge in [-0.1, -0.05) is 5.11 Å². The van der Waals surface area contributed by atoms with E-state index in [-0.39, 0.29) is 31.0 Å². The molecule has 0 saturated carbocycles.